The van der Waals surface area contributed by atoms with Gasteiger partial charge < -0.3 is 14.8 Å². The summed E-state index contributed by atoms with van der Waals surface area (Å²) in [5, 5.41) is 3.02. The lowest BCUT2D eigenvalue weighted by Crippen LogP contribution is -2.38. The van der Waals surface area contributed by atoms with E-state index in [9.17, 15) is 9.59 Å². The van der Waals surface area contributed by atoms with E-state index < -0.39 is 5.97 Å². The lowest BCUT2D eigenvalue weighted by molar-refractivity contribution is -0.125. The summed E-state index contributed by atoms with van der Waals surface area (Å²) in [6.07, 6.45) is 8.12. The molecule has 6 heteroatoms. The molecule has 1 amide bonds. The number of carbonyl (C=O) groups is 2. The van der Waals surface area contributed by atoms with Gasteiger partial charge in [0.2, 0.25) is 0 Å². The lowest BCUT2D eigenvalue weighted by atomic mass is 9.97. The molecule has 0 unspecified atom stereocenters. The quantitative estimate of drug-likeness (QED) is 0.759. The van der Waals surface area contributed by atoms with Gasteiger partial charge in [-0.15, -0.1) is 0 Å². The molecule has 1 aliphatic carbocycles. The number of benzene rings is 1. The van der Waals surface area contributed by atoms with E-state index >= 15 is 0 Å². The van der Waals surface area contributed by atoms with Gasteiger partial charge >= 0.3 is 5.97 Å². The van der Waals surface area contributed by atoms with Crippen LogP contribution >= 0.6 is 0 Å². The van der Waals surface area contributed by atoms with Crippen LogP contribution in [-0.2, 0) is 20.8 Å². The first kappa shape index (κ1) is 20.8. The summed E-state index contributed by atoms with van der Waals surface area (Å²) in [4.78, 5) is 26.7. The molecular weight excluding hydrogens is 356 g/mol. The van der Waals surface area contributed by atoms with Crippen LogP contribution in [0.4, 0.5) is 0 Å². The van der Waals surface area contributed by atoms with Crippen molar-refractivity contribution < 1.29 is 19.1 Å². The highest BCUT2D eigenvalue weighted by atomic mass is 16.5. The maximum absolute atomic E-state index is 12.2. The SMILES string of the molecule is O=C(COC(=O)c1ccc(CN2CCOCC2)cc1)NC1CCCCCCC1. The van der Waals surface area contributed by atoms with E-state index in [1.54, 1.807) is 12.1 Å². The maximum atomic E-state index is 12.2. The fourth-order valence-electron chi connectivity index (χ4n) is 3.85. The Morgan fingerprint density at radius 3 is 2.32 bits per heavy atom. The molecule has 0 aromatic heterocycles. The van der Waals surface area contributed by atoms with Crippen LogP contribution < -0.4 is 5.32 Å². The normalized spacial score (nSPS) is 19.4. The predicted octanol–water partition coefficient (Wildman–Crippen LogP) is 2.90. The van der Waals surface area contributed by atoms with E-state index in [0.29, 0.717) is 5.56 Å². The van der Waals surface area contributed by atoms with Crippen molar-refractivity contribution in [2.45, 2.75) is 57.5 Å². The third kappa shape index (κ3) is 6.91. The highest BCUT2D eigenvalue weighted by Crippen LogP contribution is 2.17. The number of hydrogen-bond donors (Lipinski definition) is 1. The van der Waals surface area contributed by atoms with Crippen LogP contribution in [0.5, 0.6) is 0 Å². The summed E-state index contributed by atoms with van der Waals surface area (Å²) in [7, 11) is 0. The van der Waals surface area contributed by atoms with Crippen LogP contribution in [0.2, 0.25) is 0 Å². The molecule has 3 rings (SSSR count). The monoisotopic (exact) mass is 388 g/mol. The Kier molecular flexibility index (Phi) is 8.30. The Hall–Kier alpha value is -1.92. The van der Waals surface area contributed by atoms with Gasteiger partial charge in [0.1, 0.15) is 0 Å². The van der Waals surface area contributed by atoms with Crippen LogP contribution in [0.25, 0.3) is 0 Å². The molecule has 2 aliphatic rings. The second-order valence-electron chi connectivity index (χ2n) is 7.77. The molecule has 28 heavy (non-hydrogen) atoms. The molecule has 0 radical (unpaired) electrons. The zero-order chi connectivity index (χ0) is 19.6. The van der Waals surface area contributed by atoms with Crippen LogP contribution in [0.1, 0.15) is 60.9 Å². The maximum Gasteiger partial charge on any atom is 0.338 e. The number of amides is 1. The van der Waals surface area contributed by atoms with Gasteiger partial charge in [-0.25, -0.2) is 4.79 Å². The Bertz CT molecular complexity index is 618. The van der Waals surface area contributed by atoms with E-state index in [1.807, 2.05) is 12.1 Å². The number of ether oxygens (including phenoxy) is 2. The van der Waals surface area contributed by atoms with E-state index in [-0.39, 0.29) is 18.6 Å². The van der Waals surface area contributed by atoms with E-state index in [0.717, 1.165) is 64.1 Å². The van der Waals surface area contributed by atoms with Gasteiger partial charge in [-0.1, -0.05) is 44.2 Å². The fraction of sp³-hybridized carbons (Fsp3) is 0.636. The fourth-order valence-corrected chi connectivity index (χ4v) is 3.85. The van der Waals surface area contributed by atoms with Crippen LogP contribution in [0.15, 0.2) is 24.3 Å². The summed E-state index contributed by atoms with van der Waals surface area (Å²) in [6, 6.07) is 7.64. The average Bonchev–Trinajstić information content (AvgIpc) is 2.69. The molecule has 6 nitrogen and oxygen atoms in total. The summed E-state index contributed by atoms with van der Waals surface area (Å²) in [6.45, 7) is 4.04. The minimum absolute atomic E-state index is 0.206. The topological polar surface area (TPSA) is 67.9 Å². The van der Waals surface area contributed by atoms with E-state index in [4.69, 9.17) is 9.47 Å². The number of carbonyl (C=O) groups excluding carboxylic acids is 2. The molecule has 1 aliphatic heterocycles. The number of rotatable bonds is 6. The van der Waals surface area contributed by atoms with Crippen molar-refractivity contribution in [3.63, 3.8) is 0 Å². The third-order valence-corrected chi connectivity index (χ3v) is 5.50. The van der Waals surface area contributed by atoms with Crippen molar-refractivity contribution in [1.29, 1.82) is 0 Å². The lowest BCUT2D eigenvalue weighted by Gasteiger charge is -2.26. The molecule has 0 atom stereocenters. The number of nitrogens with one attached hydrogen (secondary N) is 1. The molecule has 1 heterocycles. The molecular formula is C22H32N2O4. The number of morpholine rings is 1. The molecule has 1 saturated heterocycles. The number of hydrogen-bond acceptors (Lipinski definition) is 5. The van der Waals surface area contributed by atoms with Crippen molar-refractivity contribution in [3.8, 4) is 0 Å². The van der Waals surface area contributed by atoms with Gasteiger partial charge in [0.25, 0.3) is 5.91 Å². The first-order valence-electron chi connectivity index (χ1n) is 10.6. The minimum atomic E-state index is -0.453. The first-order valence-corrected chi connectivity index (χ1v) is 10.6. The molecule has 1 aromatic carbocycles. The van der Waals surface area contributed by atoms with Gasteiger partial charge in [-0.2, -0.15) is 0 Å². The Morgan fingerprint density at radius 1 is 1.00 bits per heavy atom. The number of esters is 1. The molecule has 2 fully saturated rings. The first-order chi connectivity index (χ1) is 13.7. The van der Waals surface area contributed by atoms with Crippen LogP contribution in [0.3, 0.4) is 0 Å². The molecule has 0 bridgehead atoms. The third-order valence-electron chi connectivity index (χ3n) is 5.50. The second kappa shape index (κ2) is 11.2. The molecule has 154 valence electrons. The van der Waals surface area contributed by atoms with Gasteiger partial charge in [0.15, 0.2) is 6.61 Å². The Balaban J connectivity index is 1.40. The molecule has 1 aromatic rings. The Morgan fingerprint density at radius 2 is 1.64 bits per heavy atom. The van der Waals surface area contributed by atoms with Gasteiger partial charge in [0, 0.05) is 25.7 Å². The summed E-state index contributed by atoms with van der Waals surface area (Å²) >= 11 is 0. The predicted molar refractivity (Wildman–Crippen MR) is 107 cm³/mol. The van der Waals surface area contributed by atoms with Crippen molar-refractivity contribution in [1.82, 2.24) is 10.2 Å². The highest BCUT2D eigenvalue weighted by molar-refractivity contribution is 5.91. The van der Waals surface area contributed by atoms with Crippen molar-refractivity contribution in [2.24, 2.45) is 0 Å². The Labute approximate surface area is 167 Å². The van der Waals surface area contributed by atoms with E-state index in [2.05, 4.69) is 10.2 Å². The molecule has 0 spiro atoms. The highest BCUT2D eigenvalue weighted by Gasteiger charge is 2.16. The number of nitrogens with zero attached hydrogens (tertiary/aromatic N) is 1. The van der Waals surface area contributed by atoms with Crippen molar-refractivity contribution in [3.05, 3.63) is 35.4 Å². The van der Waals surface area contributed by atoms with Crippen molar-refractivity contribution >= 4 is 11.9 Å². The standard InChI is InChI=1S/C22H32N2O4/c25-21(23-20-6-4-2-1-3-5-7-20)17-28-22(26)19-10-8-18(9-11-19)16-24-12-14-27-15-13-24/h8-11,20H,1-7,12-17H2,(H,23,25). The molecule has 1 N–H and O–H groups in total. The largest absolute Gasteiger partial charge is 0.452 e. The average molecular weight is 389 g/mol. The van der Waals surface area contributed by atoms with E-state index in [1.165, 1.54) is 19.3 Å². The van der Waals surface area contributed by atoms with Gasteiger partial charge in [-0.05, 0) is 30.5 Å². The van der Waals surface area contributed by atoms with Gasteiger partial charge in [0.05, 0.1) is 18.8 Å². The second-order valence-corrected chi connectivity index (χ2v) is 7.77. The minimum Gasteiger partial charge on any atom is -0.452 e. The van der Waals surface area contributed by atoms with Crippen LogP contribution in [-0.4, -0.2) is 55.7 Å². The summed E-state index contributed by atoms with van der Waals surface area (Å²) in [5.41, 5.74) is 1.63. The van der Waals surface area contributed by atoms with Crippen LogP contribution in [0, 0.1) is 0 Å². The zero-order valence-electron chi connectivity index (χ0n) is 16.7. The summed E-state index contributed by atoms with van der Waals surface area (Å²) < 4.78 is 10.6. The molecule has 1 saturated carbocycles. The smallest absolute Gasteiger partial charge is 0.338 e. The zero-order valence-corrected chi connectivity index (χ0v) is 16.7. The van der Waals surface area contributed by atoms with Crippen molar-refractivity contribution in [2.75, 3.05) is 32.9 Å². The summed E-state index contributed by atoms with van der Waals surface area (Å²) in [5.74, 6) is -0.659. The van der Waals surface area contributed by atoms with Gasteiger partial charge in [-0.3, -0.25) is 9.69 Å².